The molecular weight excluding hydrogens is 198 g/mol. The standard InChI is InChI=1S/C14H27NO/c1-4-6-7-8-9-13(3,5-2)14(10-11-14)12(15)16/h4-11H2,1-3H3,(H2,15,16). The van der Waals surface area contributed by atoms with Gasteiger partial charge in [-0.3, -0.25) is 4.79 Å². The quantitative estimate of drug-likeness (QED) is 0.630. The number of carbonyl (C=O) groups excluding carboxylic acids is 1. The van der Waals surface area contributed by atoms with Crippen LogP contribution in [0.3, 0.4) is 0 Å². The number of carbonyl (C=O) groups is 1. The van der Waals surface area contributed by atoms with Gasteiger partial charge in [0.15, 0.2) is 0 Å². The van der Waals surface area contributed by atoms with Crippen molar-refractivity contribution in [3.05, 3.63) is 0 Å². The molecule has 0 aliphatic heterocycles. The van der Waals surface area contributed by atoms with Crippen molar-refractivity contribution in [2.45, 2.75) is 72.1 Å². The second-order valence-electron chi connectivity index (χ2n) is 5.67. The molecule has 2 N–H and O–H groups in total. The molecule has 1 unspecified atom stereocenters. The highest BCUT2D eigenvalue weighted by atomic mass is 16.1. The zero-order chi connectivity index (χ0) is 12.2. The van der Waals surface area contributed by atoms with Crippen molar-refractivity contribution in [1.29, 1.82) is 0 Å². The highest BCUT2D eigenvalue weighted by Crippen LogP contribution is 2.61. The Morgan fingerprint density at radius 1 is 1.25 bits per heavy atom. The third-order valence-electron chi connectivity index (χ3n) is 4.74. The van der Waals surface area contributed by atoms with Gasteiger partial charge in [-0.15, -0.1) is 0 Å². The molecule has 1 atom stereocenters. The predicted molar refractivity (Wildman–Crippen MR) is 68.0 cm³/mol. The minimum atomic E-state index is -0.159. The minimum Gasteiger partial charge on any atom is -0.369 e. The smallest absolute Gasteiger partial charge is 0.224 e. The molecular formula is C14H27NO. The monoisotopic (exact) mass is 225 g/mol. The van der Waals surface area contributed by atoms with Crippen molar-refractivity contribution in [3.8, 4) is 0 Å². The maximum Gasteiger partial charge on any atom is 0.224 e. The second-order valence-corrected chi connectivity index (χ2v) is 5.67. The molecule has 2 heteroatoms. The molecule has 1 aliphatic carbocycles. The van der Waals surface area contributed by atoms with E-state index in [2.05, 4.69) is 20.8 Å². The van der Waals surface area contributed by atoms with Gasteiger partial charge in [0.2, 0.25) is 5.91 Å². The fraction of sp³-hybridized carbons (Fsp3) is 0.929. The first-order valence-electron chi connectivity index (χ1n) is 6.82. The van der Waals surface area contributed by atoms with E-state index in [1.54, 1.807) is 0 Å². The molecule has 16 heavy (non-hydrogen) atoms. The maximum absolute atomic E-state index is 11.6. The summed E-state index contributed by atoms with van der Waals surface area (Å²) in [5.74, 6) is -0.0626. The molecule has 0 heterocycles. The van der Waals surface area contributed by atoms with Crippen molar-refractivity contribution in [3.63, 3.8) is 0 Å². The third-order valence-corrected chi connectivity index (χ3v) is 4.74. The number of primary amides is 1. The molecule has 94 valence electrons. The summed E-state index contributed by atoms with van der Waals surface area (Å²) in [7, 11) is 0. The second kappa shape index (κ2) is 5.20. The normalized spacial score (nSPS) is 21.4. The number of rotatable bonds is 8. The Balaban J connectivity index is 2.53. The van der Waals surface area contributed by atoms with Crippen LogP contribution < -0.4 is 5.73 Å². The highest BCUT2D eigenvalue weighted by molar-refractivity contribution is 5.84. The lowest BCUT2D eigenvalue weighted by atomic mass is 9.68. The first kappa shape index (κ1) is 13.5. The van der Waals surface area contributed by atoms with Crippen LogP contribution in [0, 0.1) is 10.8 Å². The number of unbranched alkanes of at least 4 members (excludes halogenated alkanes) is 3. The van der Waals surface area contributed by atoms with Gasteiger partial charge < -0.3 is 5.73 Å². The Kier molecular flexibility index (Phi) is 4.40. The van der Waals surface area contributed by atoms with Crippen molar-refractivity contribution < 1.29 is 4.79 Å². The summed E-state index contributed by atoms with van der Waals surface area (Å²) in [6, 6.07) is 0. The lowest BCUT2D eigenvalue weighted by molar-refractivity contribution is -0.128. The van der Waals surface area contributed by atoms with Crippen molar-refractivity contribution in [2.75, 3.05) is 0 Å². The molecule has 0 radical (unpaired) electrons. The van der Waals surface area contributed by atoms with Gasteiger partial charge in [0.05, 0.1) is 5.41 Å². The van der Waals surface area contributed by atoms with Gasteiger partial charge in [0.25, 0.3) is 0 Å². The van der Waals surface area contributed by atoms with Crippen LogP contribution in [0.5, 0.6) is 0 Å². The van der Waals surface area contributed by atoms with Gasteiger partial charge >= 0.3 is 0 Å². The summed E-state index contributed by atoms with van der Waals surface area (Å²) < 4.78 is 0. The summed E-state index contributed by atoms with van der Waals surface area (Å²) in [5.41, 5.74) is 5.57. The molecule has 1 aliphatic rings. The third kappa shape index (κ3) is 2.41. The van der Waals surface area contributed by atoms with Crippen molar-refractivity contribution >= 4 is 5.91 Å². The Morgan fingerprint density at radius 3 is 2.25 bits per heavy atom. The molecule has 1 fully saturated rings. The van der Waals surface area contributed by atoms with E-state index in [0.29, 0.717) is 0 Å². The van der Waals surface area contributed by atoms with Gasteiger partial charge in [0, 0.05) is 0 Å². The van der Waals surface area contributed by atoms with Gasteiger partial charge in [-0.2, -0.15) is 0 Å². The van der Waals surface area contributed by atoms with Gasteiger partial charge in [-0.05, 0) is 31.1 Å². The van der Waals surface area contributed by atoms with E-state index in [1.807, 2.05) is 0 Å². The van der Waals surface area contributed by atoms with Crippen molar-refractivity contribution in [1.82, 2.24) is 0 Å². The molecule has 0 saturated heterocycles. The number of hydrogen-bond donors (Lipinski definition) is 1. The predicted octanol–water partition coefficient (Wildman–Crippen LogP) is 3.64. The summed E-state index contributed by atoms with van der Waals surface area (Å²) in [6.45, 7) is 6.68. The molecule has 0 aromatic heterocycles. The number of amides is 1. The van der Waals surface area contributed by atoms with Crippen LogP contribution in [0.2, 0.25) is 0 Å². The lowest BCUT2D eigenvalue weighted by Crippen LogP contribution is -2.39. The van der Waals surface area contributed by atoms with E-state index in [9.17, 15) is 4.79 Å². The summed E-state index contributed by atoms with van der Waals surface area (Å²) in [6.07, 6.45) is 9.37. The van der Waals surface area contributed by atoms with Crippen LogP contribution >= 0.6 is 0 Å². The highest BCUT2D eigenvalue weighted by Gasteiger charge is 2.59. The molecule has 0 aromatic rings. The van der Waals surface area contributed by atoms with Crippen LogP contribution in [0.25, 0.3) is 0 Å². The summed E-state index contributed by atoms with van der Waals surface area (Å²) >= 11 is 0. The SMILES string of the molecule is CCCCCCC(C)(CC)C1(C(N)=O)CC1. The van der Waals surface area contributed by atoms with E-state index in [1.165, 1.54) is 25.7 Å². The molecule has 0 spiro atoms. The minimum absolute atomic E-state index is 0.0626. The zero-order valence-electron chi connectivity index (χ0n) is 11.1. The topological polar surface area (TPSA) is 43.1 Å². The van der Waals surface area contributed by atoms with Crippen LogP contribution in [-0.4, -0.2) is 5.91 Å². The molecule has 1 saturated carbocycles. The van der Waals surface area contributed by atoms with E-state index in [0.717, 1.165) is 25.7 Å². The Labute approximate surface area is 100.0 Å². The first-order chi connectivity index (χ1) is 7.52. The number of hydrogen-bond acceptors (Lipinski definition) is 1. The van der Waals surface area contributed by atoms with Crippen LogP contribution in [0.15, 0.2) is 0 Å². The van der Waals surface area contributed by atoms with Crippen LogP contribution in [0.4, 0.5) is 0 Å². The zero-order valence-corrected chi connectivity index (χ0v) is 11.1. The molecule has 1 rings (SSSR count). The molecule has 0 bridgehead atoms. The number of nitrogens with two attached hydrogens (primary N) is 1. The van der Waals surface area contributed by atoms with Gasteiger partial charge in [-0.1, -0.05) is 46.5 Å². The summed E-state index contributed by atoms with van der Waals surface area (Å²) in [5, 5.41) is 0. The van der Waals surface area contributed by atoms with Gasteiger partial charge in [-0.25, -0.2) is 0 Å². The largest absolute Gasteiger partial charge is 0.369 e. The summed E-state index contributed by atoms with van der Waals surface area (Å²) in [4.78, 5) is 11.6. The molecule has 2 nitrogen and oxygen atoms in total. The van der Waals surface area contributed by atoms with Crippen LogP contribution in [-0.2, 0) is 4.79 Å². The average molecular weight is 225 g/mol. The van der Waals surface area contributed by atoms with Crippen LogP contribution in [0.1, 0.15) is 72.1 Å². The van der Waals surface area contributed by atoms with Crippen molar-refractivity contribution in [2.24, 2.45) is 16.6 Å². The lowest BCUT2D eigenvalue weighted by Gasteiger charge is -2.36. The first-order valence-corrected chi connectivity index (χ1v) is 6.82. The average Bonchev–Trinajstić information content (AvgIpc) is 3.05. The Bertz CT molecular complexity index is 245. The Morgan fingerprint density at radius 2 is 1.88 bits per heavy atom. The fourth-order valence-electron chi connectivity index (χ4n) is 2.97. The van der Waals surface area contributed by atoms with E-state index in [-0.39, 0.29) is 16.7 Å². The molecule has 1 amide bonds. The fourth-order valence-corrected chi connectivity index (χ4v) is 2.97. The van der Waals surface area contributed by atoms with E-state index < -0.39 is 0 Å². The van der Waals surface area contributed by atoms with E-state index >= 15 is 0 Å². The molecule has 0 aromatic carbocycles. The van der Waals surface area contributed by atoms with Gasteiger partial charge in [0.1, 0.15) is 0 Å². The Hall–Kier alpha value is -0.530. The maximum atomic E-state index is 11.6. The van der Waals surface area contributed by atoms with E-state index in [4.69, 9.17) is 5.73 Å².